The lowest BCUT2D eigenvalue weighted by Gasteiger charge is -2.17. The van der Waals surface area contributed by atoms with Gasteiger partial charge in [0.2, 0.25) is 0 Å². The summed E-state index contributed by atoms with van der Waals surface area (Å²) in [5.41, 5.74) is 21.1. The summed E-state index contributed by atoms with van der Waals surface area (Å²) in [6.45, 7) is 12.9. The standard InChI is InChI=1S/C60H46/c1-5-41(2)47-25-16-26-48(30-47)55-38-58(56-34-51(44-19-9-6-10-20-44)32-52(35-56)45-21-11-7-12-22-45)40-59(39-55)57-36-53(46-23-13-8-14-24-46)33-54(37-57)49-27-17-28-50(31-49)60-29-15-18-42(3)43(60)4/h5-40H,3-4H2,1-2H3. The van der Waals surface area contributed by atoms with Crippen molar-refractivity contribution in [3.8, 4) is 89.0 Å². The first kappa shape index (κ1) is 38.0. The van der Waals surface area contributed by atoms with E-state index >= 15 is 0 Å². The zero-order valence-electron chi connectivity index (χ0n) is 34.2. The summed E-state index contributed by atoms with van der Waals surface area (Å²) in [4.78, 5) is 0. The summed E-state index contributed by atoms with van der Waals surface area (Å²) >= 11 is 0. The van der Waals surface area contributed by atoms with Crippen molar-refractivity contribution >= 4 is 18.7 Å². The Kier molecular flexibility index (Phi) is 10.6. The van der Waals surface area contributed by atoms with E-state index in [1.165, 1.54) is 61.2 Å². The SMILES string of the molecule is C=c1cccc(-c2cccc(-c3cc(-c4ccccc4)cc(-c4cc(-c5cccc(C(C)=CC)c5)cc(-c5cc(-c6ccccc6)cc(-c6ccccc6)c5)c4)c3)c2)c1=C. The molecule has 0 spiro atoms. The monoisotopic (exact) mass is 766 g/mol. The molecule has 286 valence electrons. The van der Waals surface area contributed by atoms with E-state index in [-0.39, 0.29) is 0 Å². The maximum atomic E-state index is 4.37. The number of allylic oxidation sites excluding steroid dienone is 2. The van der Waals surface area contributed by atoms with Crippen LogP contribution in [0.3, 0.4) is 0 Å². The molecule has 60 heavy (non-hydrogen) atoms. The van der Waals surface area contributed by atoms with Crippen molar-refractivity contribution in [1.82, 2.24) is 0 Å². The van der Waals surface area contributed by atoms with Gasteiger partial charge in [0.05, 0.1) is 0 Å². The first-order valence-electron chi connectivity index (χ1n) is 20.6. The molecule has 0 aliphatic rings. The Labute approximate surface area is 354 Å². The second kappa shape index (κ2) is 16.7. The fourth-order valence-corrected chi connectivity index (χ4v) is 8.16. The van der Waals surface area contributed by atoms with Gasteiger partial charge in [-0.05, 0) is 191 Å². The molecule has 0 fully saturated rings. The van der Waals surface area contributed by atoms with Crippen molar-refractivity contribution in [2.24, 2.45) is 0 Å². The number of hydrogen-bond donors (Lipinski definition) is 0. The van der Waals surface area contributed by atoms with Gasteiger partial charge in [-0.3, -0.25) is 0 Å². The third-order valence-electron chi connectivity index (χ3n) is 11.7. The number of hydrogen-bond acceptors (Lipinski definition) is 0. The lowest BCUT2D eigenvalue weighted by atomic mass is 9.87. The van der Waals surface area contributed by atoms with Crippen LogP contribution in [-0.2, 0) is 0 Å². The van der Waals surface area contributed by atoms with Crippen LogP contribution < -0.4 is 10.4 Å². The molecule has 0 unspecified atom stereocenters. The molecule has 9 rings (SSSR count). The zero-order chi connectivity index (χ0) is 41.0. The van der Waals surface area contributed by atoms with Crippen LogP contribution in [0.4, 0.5) is 0 Å². The molecule has 0 aliphatic heterocycles. The lowest BCUT2D eigenvalue weighted by Crippen LogP contribution is -2.22. The smallest absolute Gasteiger partial charge is 0.0111 e. The molecule has 0 radical (unpaired) electrons. The molecule has 0 aromatic heterocycles. The molecule has 0 heterocycles. The lowest BCUT2D eigenvalue weighted by molar-refractivity contribution is 1.50. The largest absolute Gasteiger partial charge is 0.0912 e. The topological polar surface area (TPSA) is 0 Å². The normalized spacial score (nSPS) is 11.4. The van der Waals surface area contributed by atoms with Gasteiger partial charge in [0.15, 0.2) is 0 Å². The molecule has 0 amide bonds. The first-order chi connectivity index (χ1) is 29.4. The maximum Gasteiger partial charge on any atom is -0.0111 e. The predicted molar refractivity (Wildman–Crippen MR) is 260 cm³/mol. The van der Waals surface area contributed by atoms with Crippen molar-refractivity contribution in [2.75, 3.05) is 0 Å². The highest BCUT2D eigenvalue weighted by Crippen LogP contribution is 2.40. The minimum atomic E-state index is 0.943. The summed E-state index contributed by atoms with van der Waals surface area (Å²) in [6.07, 6.45) is 2.18. The maximum absolute atomic E-state index is 4.37. The van der Waals surface area contributed by atoms with Crippen LogP contribution in [0.25, 0.3) is 108 Å². The molecule has 0 bridgehead atoms. The van der Waals surface area contributed by atoms with Crippen LogP contribution >= 0.6 is 0 Å². The predicted octanol–water partition coefficient (Wildman–Crippen LogP) is 15.3. The van der Waals surface area contributed by atoms with E-state index in [4.69, 9.17) is 0 Å². The Balaban J connectivity index is 1.28. The first-order valence-corrected chi connectivity index (χ1v) is 20.6. The summed E-state index contributed by atoms with van der Waals surface area (Å²) in [7, 11) is 0. The molecule has 0 N–H and O–H groups in total. The van der Waals surface area contributed by atoms with Gasteiger partial charge in [0.25, 0.3) is 0 Å². The van der Waals surface area contributed by atoms with E-state index in [1.54, 1.807) is 0 Å². The van der Waals surface area contributed by atoms with Gasteiger partial charge < -0.3 is 0 Å². The van der Waals surface area contributed by atoms with E-state index in [9.17, 15) is 0 Å². The molecule has 0 heteroatoms. The van der Waals surface area contributed by atoms with Crippen LogP contribution in [0.5, 0.6) is 0 Å². The third kappa shape index (κ3) is 7.97. The van der Waals surface area contributed by atoms with Gasteiger partial charge in [-0.1, -0.05) is 165 Å². The Morgan fingerprint density at radius 3 is 1.07 bits per heavy atom. The van der Waals surface area contributed by atoms with Crippen LogP contribution in [0.1, 0.15) is 19.4 Å². The Hall–Kier alpha value is -7.54. The Morgan fingerprint density at radius 2 is 0.633 bits per heavy atom. The molecular formula is C60H46. The highest BCUT2D eigenvalue weighted by atomic mass is 14.2. The van der Waals surface area contributed by atoms with Crippen molar-refractivity contribution < 1.29 is 0 Å². The zero-order valence-corrected chi connectivity index (χ0v) is 34.2. The second-order valence-electron chi connectivity index (χ2n) is 15.6. The molecule has 9 aromatic carbocycles. The summed E-state index contributed by atoms with van der Waals surface area (Å²) < 4.78 is 0. The molecule has 9 aromatic rings. The van der Waals surface area contributed by atoms with E-state index in [0.29, 0.717) is 0 Å². The highest BCUT2D eigenvalue weighted by Gasteiger charge is 2.15. The summed E-state index contributed by atoms with van der Waals surface area (Å²) in [5, 5.41) is 1.90. The van der Waals surface area contributed by atoms with Crippen LogP contribution in [0.2, 0.25) is 0 Å². The minimum absolute atomic E-state index is 0.943. The van der Waals surface area contributed by atoms with Crippen molar-refractivity contribution in [3.63, 3.8) is 0 Å². The molecule has 0 saturated heterocycles. The summed E-state index contributed by atoms with van der Waals surface area (Å²) in [6, 6.07) is 77.3. The van der Waals surface area contributed by atoms with Crippen molar-refractivity contribution in [2.45, 2.75) is 13.8 Å². The van der Waals surface area contributed by atoms with Gasteiger partial charge in [-0.2, -0.15) is 0 Å². The van der Waals surface area contributed by atoms with Crippen LogP contribution in [0, 0.1) is 0 Å². The fraction of sp³-hybridized carbons (Fsp3) is 0.0333. The van der Waals surface area contributed by atoms with E-state index in [0.717, 1.165) is 49.4 Å². The molecule has 0 nitrogen and oxygen atoms in total. The molecular weight excluding hydrogens is 721 g/mol. The van der Waals surface area contributed by atoms with Crippen molar-refractivity contribution in [1.29, 1.82) is 0 Å². The van der Waals surface area contributed by atoms with Crippen molar-refractivity contribution in [3.05, 3.63) is 234 Å². The van der Waals surface area contributed by atoms with Gasteiger partial charge in [-0.15, -0.1) is 0 Å². The van der Waals surface area contributed by atoms with Crippen LogP contribution in [-0.4, -0.2) is 0 Å². The van der Waals surface area contributed by atoms with Gasteiger partial charge in [0.1, 0.15) is 0 Å². The fourth-order valence-electron chi connectivity index (χ4n) is 8.16. The second-order valence-corrected chi connectivity index (χ2v) is 15.6. The minimum Gasteiger partial charge on any atom is -0.0912 e. The van der Waals surface area contributed by atoms with Gasteiger partial charge in [-0.25, -0.2) is 0 Å². The Bertz CT molecular complexity index is 3060. The quantitative estimate of drug-likeness (QED) is 0.137. The highest BCUT2D eigenvalue weighted by molar-refractivity contribution is 5.89. The van der Waals surface area contributed by atoms with E-state index in [2.05, 4.69) is 239 Å². The third-order valence-corrected chi connectivity index (χ3v) is 11.7. The van der Waals surface area contributed by atoms with E-state index < -0.39 is 0 Å². The molecule has 0 saturated carbocycles. The number of benzene rings is 9. The average Bonchev–Trinajstić information content (AvgIpc) is 3.32. The molecule has 0 atom stereocenters. The van der Waals surface area contributed by atoms with E-state index in [1.807, 2.05) is 6.07 Å². The summed E-state index contributed by atoms with van der Waals surface area (Å²) in [5.74, 6) is 0. The molecule has 0 aliphatic carbocycles. The van der Waals surface area contributed by atoms with Gasteiger partial charge in [0, 0.05) is 0 Å². The van der Waals surface area contributed by atoms with Crippen LogP contribution in [0.15, 0.2) is 218 Å². The Morgan fingerprint density at radius 1 is 0.317 bits per heavy atom. The number of rotatable bonds is 9. The van der Waals surface area contributed by atoms with Gasteiger partial charge >= 0.3 is 0 Å². The average molecular weight is 767 g/mol.